The van der Waals surface area contributed by atoms with E-state index in [1.165, 1.54) is 11.8 Å². The first kappa shape index (κ1) is 59.6. The number of benzene rings is 2. The van der Waals surface area contributed by atoms with Crippen LogP contribution >= 0.6 is 23.5 Å². The van der Waals surface area contributed by atoms with Gasteiger partial charge in [0.2, 0.25) is 17.7 Å². The number of carbonyl (C=O) groups is 6. The molecule has 388 valence electrons. The van der Waals surface area contributed by atoms with E-state index in [2.05, 4.69) is 55.2 Å². The maximum atomic E-state index is 15.4. The van der Waals surface area contributed by atoms with Gasteiger partial charge in [-0.15, -0.1) is 11.8 Å². The average Bonchev–Trinajstić information content (AvgIpc) is 3.66. The van der Waals surface area contributed by atoms with E-state index in [1.54, 1.807) is 17.2 Å². The molecule has 0 aliphatic rings. The first-order chi connectivity index (χ1) is 32.7. The summed E-state index contributed by atoms with van der Waals surface area (Å²) in [6.45, 7) is 19.9. The number of rotatable bonds is 29. The number of hydrogen-bond donors (Lipinski definition) is 5. The van der Waals surface area contributed by atoms with E-state index >= 15 is 4.39 Å². The molecule has 0 radical (unpaired) electrons. The van der Waals surface area contributed by atoms with Gasteiger partial charge in [-0.05, 0) is 53.8 Å². The van der Waals surface area contributed by atoms with Crippen LogP contribution in [0.25, 0.3) is 11.1 Å². The van der Waals surface area contributed by atoms with Gasteiger partial charge in [0.05, 0.1) is 30.8 Å². The van der Waals surface area contributed by atoms with Crippen molar-refractivity contribution in [2.75, 3.05) is 55.9 Å². The number of aliphatic carboxylic acids is 1. The summed E-state index contributed by atoms with van der Waals surface area (Å²) in [6.07, 6.45) is 1.50. The fourth-order valence-corrected chi connectivity index (χ4v) is 10.0. The molecule has 0 unspecified atom stereocenters. The second-order valence-corrected chi connectivity index (χ2v) is 34.0. The summed E-state index contributed by atoms with van der Waals surface area (Å²) in [5.41, 5.74) is 7.05. The van der Waals surface area contributed by atoms with Crippen LogP contribution in [0.5, 0.6) is 0 Å². The fraction of sp³-hybridized carbons (Fsp3) is 0.551. The number of nitrogens with two attached hydrogens (primary N) is 1. The molecule has 0 fully saturated rings. The zero-order valence-corrected chi connectivity index (χ0v) is 45.8. The molecule has 0 spiro atoms. The molecule has 0 aliphatic heterocycles. The van der Waals surface area contributed by atoms with Gasteiger partial charge in [-0.3, -0.25) is 19.2 Å². The van der Waals surface area contributed by atoms with Crippen LogP contribution in [0.2, 0.25) is 51.4 Å². The third kappa shape index (κ3) is 22.2. The SMILES string of the molecule is CC(C)(C)[C@H](c1cc(-c2cc(F)ccc2F)cn1Cc1ccccc1)N(CCCNC(=O)OCC[Si](C)(C)C)C(=O)CSCCC(=O)N[C@H](CNC(=O)CSC[C@H](N)C(=O)O)C(=O)OCC[Si](C)(C)C. The highest BCUT2D eigenvalue weighted by atomic mass is 32.2. The number of esters is 1. The largest absolute Gasteiger partial charge is 0.480 e. The minimum absolute atomic E-state index is 0.00355. The number of amides is 4. The van der Waals surface area contributed by atoms with Crippen molar-refractivity contribution in [2.24, 2.45) is 11.1 Å². The molecule has 0 bridgehead atoms. The molecule has 4 amide bonds. The number of thioether (sulfide) groups is 2. The fourth-order valence-electron chi connectivity index (χ4n) is 6.99. The van der Waals surface area contributed by atoms with Crippen LogP contribution < -0.4 is 21.7 Å². The Hall–Kier alpha value is -4.71. The Morgan fingerprint density at radius 1 is 0.857 bits per heavy atom. The Labute approximate surface area is 422 Å². The highest BCUT2D eigenvalue weighted by Crippen LogP contribution is 2.41. The van der Waals surface area contributed by atoms with Crippen molar-refractivity contribution in [2.45, 2.75) is 110 Å². The number of nitrogens with zero attached hydrogens (tertiary/aromatic N) is 2. The molecule has 15 nitrogen and oxygen atoms in total. The van der Waals surface area contributed by atoms with Crippen molar-refractivity contribution in [3.63, 3.8) is 0 Å². The van der Waals surface area contributed by atoms with E-state index in [4.69, 9.17) is 20.3 Å². The molecular formula is C49H74F2N6O9S2Si2. The monoisotopic (exact) mass is 1050 g/mol. The Balaban J connectivity index is 1.85. The molecular weight excluding hydrogens is 975 g/mol. The van der Waals surface area contributed by atoms with Crippen LogP contribution in [0.3, 0.4) is 0 Å². The first-order valence-corrected chi connectivity index (χ1v) is 33.2. The summed E-state index contributed by atoms with van der Waals surface area (Å²) in [5.74, 6) is -4.32. The van der Waals surface area contributed by atoms with Gasteiger partial charge in [-0.1, -0.05) is 90.4 Å². The van der Waals surface area contributed by atoms with Crippen LogP contribution in [-0.2, 0) is 40.0 Å². The van der Waals surface area contributed by atoms with Crippen molar-refractivity contribution in [3.8, 4) is 11.1 Å². The molecule has 2 aromatic carbocycles. The Kier molecular flexibility index (Phi) is 24.2. The van der Waals surface area contributed by atoms with Gasteiger partial charge in [0.15, 0.2) is 0 Å². The molecule has 6 N–H and O–H groups in total. The first-order valence-electron chi connectivity index (χ1n) is 23.5. The third-order valence-corrected chi connectivity index (χ3v) is 16.2. The highest BCUT2D eigenvalue weighted by molar-refractivity contribution is 8.00. The normalized spacial score (nSPS) is 13.1. The van der Waals surface area contributed by atoms with Gasteiger partial charge in [-0.2, -0.15) is 11.8 Å². The molecule has 3 aromatic rings. The molecule has 70 heavy (non-hydrogen) atoms. The smallest absolute Gasteiger partial charge is 0.407 e. The molecule has 1 heterocycles. The van der Waals surface area contributed by atoms with Crippen LogP contribution in [0.4, 0.5) is 13.6 Å². The lowest BCUT2D eigenvalue weighted by atomic mass is 9.83. The molecule has 0 saturated carbocycles. The van der Waals surface area contributed by atoms with Gasteiger partial charge < -0.3 is 45.7 Å². The zero-order chi connectivity index (χ0) is 52.2. The van der Waals surface area contributed by atoms with E-state index in [0.717, 1.165) is 41.6 Å². The van der Waals surface area contributed by atoms with Crippen molar-refractivity contribution < 1.29 is 52.1 Å². The number of alkyl carbamates (subject to hydrolysis) is 1. The topological polar surface area (TPSA) is 211 Å². The summed E-state index contributed by atoms with van der Waals surface area (Å²) in [5, 5.41) is 17.1. The summed E-state index contributed by atoms with van der Waals surface area (Å²) < 4.78 is 42.8. The van der Waals surface area contributed by atoms with E-state index in [-0.39, 0.29) is 67.1 Å². The number of hydrogen-bond acceptors (Lipinski definition) is 11. The third-order valence-electron chi connectivity index (χ3n) is 10.8. The number of nitrogens with one attached hydrogen (secondary N) is 3. The van der Waals surface area contributed by atoms with Crippen LogP contribution in [0.15, 0.2) is 60.8 Å². The number of carboxylic acid groups (broad SMARTS) is 1. The molecule has 1 aromatic heterocycles. The number of halogens is 2. The van der Waals surface area contributed by atoms with Crippen molar-refractivity contribution in [1.82, 2.24) is 25.4 Å². The zero-order valence-electron chi connectivity index (χ0n) is 42.2. The summed E-state index contributed by atoms with van der Waals surface area (Å²) in [6, 6.07) is 13.3. The maximum Gasteiger partial charge on any atom is 0.407 e. The lowest BCUT2D eigenvalue weighted by Gasteiger charge is -2.41. The quantitative estimate of drug-likeness (QED) is 0.0259. The van der Waals surface area contributed by atoms with E-state index < -0.39 is 81.2 Å². The standard InChI is InChI=1S/C49H74F2N6O9S2Si2/c1-49(2,3)45(41-26-35(37-27-36(50)16-17-38(37)51)30-56(41)29-34-14-11-10-12-15-34)57(20-13-19-53-48(64)66-22-25-70(7,8)9)44(60)33-67-23-18-42(58)55-40(47(63)65-21-24-69(4,5)6)28-54-43(59)32-68-31-39(52)46(61)62/h10-12,14-17,26-27,30,39-40,45H,13,18-25,28-29,31-33,52H2,1-9H3,(H,53,64)(H,54,59)(H,55,58)(H,61,62)/t39-,40+,45-/m0/s1. The summed E-state index contributed by atoms with van der Waals surface area (Å²) in [4.78, 5) is 79.2. The molecule has 3 rings (SSSR count). The van der Waals surface area contributed by atoms with Crippen molar-refractivity contribution >= 4 is 75.4 Å². The molecule has 3 atom stereocenters. The molecule has 0 saturated heterocycles. The van der Waals surface area contributed by atoms with Crippen molar-refractivity contribution in [3.05, 3.63) is 83.7 Å². The van der Waals surface area contributed by atoms with Gasteiger partial charge in [-0.25, -0.2) is 18.4 Å². The number of carboxylic acids is 1. The second-order valence-electron chi connectivity index (χ2n) is 20.6. The van der Waals surface area contributed by atoms with E-state index in [1.807, 2.05) is 55.7 Å². The van der Waals surface area contributed by atoms with E-state index in [9.17, 15) is 33.2 Å². The van der Waals surface area contributed by atoms with Gasteiger partial charge in [0, 0.05) is 83.3 Å². The van der Waals surface area contributed by atoms with Gasteiger partial charge in [0.25, 0.3) is 0 Å². The lowest BCUT2D eigenvalue weighted by Crippen LogP contribution is -2.49. The predicted molar refractivity (Wildman–Crippen MR) is 280 cm³/mol. The second kappa shape index (κ2) is 28.4. The lowest BCUT2D eigenvalue weighted by molar-refractivity contribution is -0.147. The Bertz CT molecular complexity index is 2200. The Morgan fingerprint density at radius 2 is 1.51 bits per heavy atom. The van der Waals surface area contributed by atoms with Gasteiger partial charge >= 0.3 is 18.0 Å². The molecule has 0 aliphatic carbocycles. The molecule has 21 heteroatoms. The Morgan fingerprint density at radius 3 is 2.14 bits per heavy atom. The maximum absolute atomic E-state index is 15.4. The predicted octanol–water partition coefficient (Wildman–Crippen LogP) is 7.60. The number of ether oxygens (including phenoxy) is 2. The van der Waals surface area contributed by atoms with E-state index in [0.29, 0.717) is 36.9 Å². The van der Waals surface area contributed by atoms with Gasteiger partial charge in [0.1, 0.15) is 23.7 Å². The average molecular weight is 1050 g/mol. The highest BCUT2D eigenvalue weighted by Gasteiger charge is 2.37. The van der Waals surface area contributed by atoms with Crippen molar-refractivity contribution in [1.29, 1.82) is 0 Å². The summed E-state index contributed by atoms with van der Waals surface area (Å²) in [7, 11) is -3.00. The summed E-state index contributed by atoms with van der Waals surface area (Å²) >= 11 is 2.24. The minimum atomic E-state index is -1.57. The van der Waals surface area contributed by atoms with Crippen LogP contribution in [-0.4, -0.2) is 134 Å². The number of aromatic nitrogens is 1. The number of carbonyl (C=O) groups excluding carboxylic acids is 5. The van der Waals surface area contributed by atoms with Crippen LogP contribution in [0, 0.1) is 17.0 Å². The minimum Gasteiger partial charge on any atom is -0.480 e. The van der Waals surface area contributed by atoms with Crippen LogP contribution in [0.1, 0.15) is 50.9 Å².